The van der Waals surface area contributed by atoms with Gasteiger partial charge in [-0.2, -0.15) is 0 Å². The van der Waals surface area contributed by atoms with Crippen LogP contribution in [0.2, 0.25) is 0 Å². The Kier molecular flexibility index (Phi) is 11.0. The second-order valence-corrected chi connectivity index (χ2v) is 2.94. The van der Waals surface area contributed by atoms with Gasteiger partial charge in [-0.3, -0.25) is 0 Å². The molecule has 1 N–H and O–H groups in total. The van der Waals surface area contributed by atoms with Gasteiger partial charge in [0, 0.05) is 13.7 Å². The second-order valence-electron chi connectivity index (χ2n) is 2.94. The smallest absolute Gasteiger partial charge is 0.450 e. The van der Waals surface area contributed by atoms with Gasteiger partial charge in [-0.15, -0.1) is 0 Å². The molecule has 0 bridgehead atoms. The number of methoxy groups -OCH3 is 1. The first-order valence-electron chi connectivity index (χ1n) is 5.36. The molecule has 7 heteroatoms. The fourth-order valence-corrected chi connectivity index (χ4v) is 0.961. The number of hydrogen-bond donors (Lipinski definition) is 1. The maximum absolute atomic E-state index is 10.1. The lowest BCUT2D eigenvalue weighted by atomic mass is 10.6. The predicted octanol–water partition coefficient (Wildman–Crippen LogP) is 0.723. The van der Waals surface area contributed by atoms with Crippen LogP contribution in [0.25, 0.3) is 0 Å². The highest BCUT2D eigenvalue weighted by atomic mass is 16.7. The van der Waals surface area contributed by atoms with E-state index in [1.807, 2.05) is 6.92 Å². The lowest BCUT2D eigenvalue weighted by Crippen LogP contribution is -2.26. The second kappa shape index (κ2) is 11.6. The van der Waals surface area contributed by atoms with E-state index in [0.717, 1.165) is 0 Å². The van der Waals surface area contributed by atoms with Gasteiger partial charge in [0.05, 0.1) is 26.4 Å². The molecular formula is C10H20O7. The summed E-state index contributed by atoms with van der Waals surface area (Å²) in [6, 6.07) is 0. The lowest BCUT2D eigenvalue weighted by Gasteiger charge is -2.17. The zero-order valence-corrected chi connectivity index (χ0v) is 10.2. The van der Waals surface area contributed by atoms with Crippen molar-refractivity contribution in [3.63, 3.8) is 0 Å². The number of rotatable bonds is 11. The maximum Gasteiger partial charge on any atom is 0.505 e. The predicted molar refractivity (Wildman–Crippen MR) is 58.0 cm³/mol. The molecule has 1 unspecified atom stereocenters. The van der Waals surface area contributed by atoms with Crippen LogP contribution in [0.4, 0.5) is 4.79 Å². The Bertz CT molecular complexity index is 185. The Morgan fingerprint density at radius 3 is 2.53 bits per heavy atom. The minimum absolute atomic E-state index is 0.0308. The summed E-state index contributed by atoms with van der Waals surface area (Å²) in [4.78, 5) is 10.1. The quantitative estimate of drug-likeness (QED) is 0.329. The van der Waals surface area contributed by atoms with E-state index >= 15 is 0 Å². The van der Waals surface area contributed by atoms with Gasteiger partial charge in [-0.05, 0) is 6.92 Å². The highest BCUT2D eigenvalue weighted by Gasteiger charge is 2.09. The van der Waals surface area contributed by atoms with E-state index < -0.39 is 12.4 Å². The van der Waals surface area contributed by atoms with Crippen LogP contribution in [0.15, 0.2) is 0 Å². The standard InChI is InChI=1S/C10H20O7/c1-3-15-9(8-14-5-4-13-2)16-6-7-17-10(11)12/h9H,3-8H2,1-2H3,(H,11,12). The van der Waals surface area contributed by atoms with E-state index in [4.69, 9.17) is 24.1 Å². The van der Waals surface area contributed by atoms with E-state index in [1.54, 1.807) is 7.11 Å². The zero-order chi connectivity index (χ0) is 12.9. The molecule has 0 aliphatic rings. The van der Waals surface area contributed by atoms with Gasteiger partial charge in [0.2, 0.25) is 0 Å². The fourth-order valence-electron chi connectivity index (χ4n) is 0.961. The fraction of sp³-hybridized carbons (Fsp3) is 0.900. The van der Waals surface area contributed by atoms with Crippen molar-refractivity contribution in [3.8, 4) is 0 Å². The summed E-state index contributed by atoms with van der Waals surface area (Å²) in [5.74, 6) is 0. The summed E-state index contributed by atoms with van der Waals surface area (Å²) < 4.78 is 24.8. The van der Waals surface area contributed by atoms with Crippen LogP contribution in [0.1, 0.15) is 6.92 Å². The molecule has 0 saturated heterocycles. The summed E-state index contributed by atoms with van der Waals surface area (Å²) in [7, 11) is 1.59. The lowest BCUT2D eigenvalue weighted by molar-refractivity contribution is -0.175. The minimum atomic E-state index is -1.32. The van der Waals surface area contributed by atoms with Crippen molar-refractivity contribution in [3.05, 3.63) is 0 Å². The molecule has 0 rings (SSSR count). The third-order valence-electron chi connectivity index (χ3n) is 1.65. The molecule has 0 heterocycles. The van der Waals surface area contributed by atoms with Crippen LogP contribution in [-0.4, -0.2) is 64.3 Å². The van der Waals surface area contributed by atoms with Crippen molar-refractivity contribution in [2.24, 2.45) is 0 Å². The first-order valence-corrected chi connectivity index (χ1v) is 5.36. The van der Waals surface area contributed by atoms with Crippen molar-refractivity contribution in [2.45, 2.75) is 13.2 Å². The first-order chi connectivity index (χ1) is 8.20. The van der Waals surface area contributed by atoms with E-state index in [2.05, 4.69) is 4.74 Å². The van der Waals surface area contributed by atoms with Crippen molar-refractivity contribution in [1.82, 2.24) is 0 Å². The molecule has 0 aliphatic carbocycles. The molecule has 17 heavy (non-hydrogen) atoms. The Morgan fingerprint density at radius 1 is 1.18 bits per heavy atom. The van der Waals surface area contributed by atoms with E-state index in [9.17, 15) is 4.79 Å². The Balaban J connectivity index is 3.55. The third-order valence-corrected chi connectivity index (χ3v) is 1.65. The van der Waals surface area contributed by atoms with Gasteiger partial charge in [0.1, 0.15) is 6.61 Å². The SMILES string of the molecule is CCOC(COCCOC)OCCOC(=O)O. The summed E-state index contributed by atoms with van der Waals surface area (Å²) >= 11 is 0. The summed E-state index contributed by atoms with van der Waals surface area (Å²) in [5, 5.41) is 8.23. The first kappa shape index (κ1) is 16.1. The molecule has 102 valence electrons. The molecule has 0 aromatic heterocycles. The average molecular weight is 252 g/mol. The zero-order valence-electron chi connectivity index (χ0n) is 10.2. The van der Waals surface area contributed by atoms with Gasteiger partial charge in [0.15, 0.2) is 6.29 Å². The Morgan fingerprint density at radius 2 is 1.94 bits per heavy atom. The van der Waals surface area contributed by atoms with Crippen molar-refractivity contribution >= 4 is 6.16 Å². The number of carboxylic acid groups (broad SMARTS) is 1. The van der Waals surface area contributed by atoms with Crippen molar-refractivity contribution in [2.75, 3.05) is 46.8 Å². The van der Waals surface area contributed by atoms with Crippen molar-refractivity contribution in [1.29, 1.82) is 0 Å². The van der Waals surface area contributed by atoms with Crippen LogP contribution in [0, 0.1) is 0 Å². The number of ether oxygens (including phenoxy) is 5. The monoisotopic (exact) mass is 252 g/mol. The highest BCUT2D eigenvalue weighted by Crippen LogP contribution is 1.97. The molecule has 0 aliphatic heterocycles. The van der Waals surface area contributed by atoms with Crippen LogP contribution in [0.5, 0.6) is 0 Å². The summed E-state index contributed by atoms with van der Waals surface area (Å²) in [6.45, 7) is 3.64. The highest BCUT2D eigenvalue weighted by molar-refractivity contribution is 5.56. The van der Waals surface area contributed by atoms with Crippen LogP contribution in [-0.2, 0) is 23.7 Å². The van der Waals surface area contributed by atoms with Gasteiger partial charge in [-0.1, -0.05) is 0 Å². The molecule has 0 spiro atoms. The topological polar surface area (TPSA) is 83.5 Å². The minimum Gasteiger partial charge on any atom is -0.450 e. The van der Waals surface area contributed by atoms with Gasteiger partial charge < -0.3 is 28.8 Å². The van der Waals surface area contributed by atoms with E-state index in [0.29, 0.717) is 19.8 Å². The van der Waals surface area contributed by atoms with Crippen LogP contribution < -0.4 is 0 Å². The molecule has 0 saturated carbocycles. The largest absolute Gasteiger partial charge is 0.505 e. The van der Waals surface area contributed by atoms with Crippen LogP contribution >= 0.6 is 0 Å². The Hall–Kier alpha value is -0.890. The summed E-state index contributed by atoms with van der Waals surface area (Å²) in [6.07, 6.45) is -1.84. The van der Waals surface area contributed by atoms with Crippen LogP contribution in [0.3, 0.4) is 0 Å². The number of hydrogen-bond acceptors (Lipinski definition) is 6. The third kappa shape index (κ3) is 11.4. The molecular weight excluding hydrogens is 232 g/mol. The van der Waals surface area contributed by atoms with Gasteiger partial charge in [-0.25, -0.2) is 4.79 Å². The number of carbonyl (C=O) groups is 1. The molecule has 7 nitrogen and oxygen atoms in total. The van der Waals surface area contributed by atoms with Gasteiger partial charge >= 0.3 is 6.16 Å². The molecule has 0 amide bonds. The normalized spacial score (nSPS) is 12.4. The summed E-state index contributed by atoms with van der Waals surface area (Å²) in [5.41, 5.74) is 0. The molecule has 0 radical (unpaired) electrons. The van der Waals surface area contributed by atoms with E-state index in [-0.39, 0.29) is 19.8 Å². The van der Waals surface area contributed by atoms with Gasteiger partial charge in [0.25, 0.3) is 0 Å². The van der Waals surface area contributed by atoms with Crippen molar-refractivity contribution < 1.29 is 33.6 Å². The molecule has 0 fully saturated rings. The molecule has 0 aromatic carbocycles. The Labute approximate surface area is 101 Å². The average Bonchev–Trinajstić information content (AvgIpc) is 2.29. The maximum atomic E-state index is 10.1. The van der Waals surface area contributed by atoms with E-state index in [1.165, 1.54) is 0 Å². The molecule has 1 atom stereocenters. The molecule has 0 aromatic rings.